The molecule has 1 N–H and O–H groups in total. The number of nitrogens with zero attached hydrogens (tertiary/aromatic N) is 2. The molecule has 0 saturated heterocycles. The zero-order valence-corrected chi connectivity index (χ0v) is 23.3. The maximum Gasteiger partial charge on any atom is 0.242 e. The van der Waals surface area contributed by atoms with E-state index in [1.165, 1.54) is 16.3 Å². The fourth-order valence-electron chi connectivity index (χ4n) is 3.60. The molecule has 2 rings (SSSR count). The molecule has 10 heteroatoms. The van der Waals surface area contributed by atoms with Gasteiger partial charge in [-0.05, 0) is 76.1 Å². The summed E-state index contributed by atoms with van der Waals surface area (Å²) in [6, 6.07) is 13.1. The molecule has 36 heavy (non-hydrogen) atoms. The summed E-state index contributed by atoms with van der Waals surface area (Å²) >= 11 is 5.99. The van der Waals surface area contributed by atoms with E-state index in [9.17, 15) is 18.0 Å². The van der Waals surface area contributed by atoms with Crippen LogP contribution in [-0.2, 0) is 26.2 Å². The van der Waals surface area contributed by atoms with Crippen molar-refractivity contribution in [3.05, 3.63) is 59.1 Å². The lowest BCUT2D eigenvalue weighted by Crippen LogP contribution is -2.52. The highest BCUT2D eigenvalue weighted by atomic mass is 35.5. The lowest BCUT2D eigenvalue weighted by Gasteiger charge is -2.32. The average molecular weight is 538 g/mol. The Morgan fingerprint density at radius 1 is 1.06 bits per heavy atom. The molecular formula is C26H36ClN3O5S. The Kier molecular flexibility index (Phi) is 10.2. The minimum absolute atomic E-state index is 0.0723. The summed E-state index contributed by atoms with van der Waals surface area (Å²) in [5, 5.41) is 3.50. The molecular weight excluding hydrogens is 502 g/mol. The van der Waals surface area contributed by atoms with Gasteiger partial charge in [0.2, 0.25) is 21.8 Å². The summed E-state index contributed by atoms with van der Waals surface area (Å²) < 4.78 is 31.3. The van der Waals surface area contributed by atoms with Crippen LogP contribution >= 0.6 is 11.6 Å². The molecule has 1 atom stereocenters. The minimum Gasteiger partial charge on any atom is -0.497 e. The third-order valence-electron chi connectivity index (χ3n) is 5.44. The van der Waals surface area contributed by atoms with Crippen LogP contribution in [0.15, 0.2) is 48.5 Å². The lowest BCUT2D eigenvalue weighted by molar-refractivity contribution is -0.141. The van der Waals surface area contributed by atoms with Crippen molar-refractivity contribution < 1.29 is 22.7 Å². The number of carbonyl (C=O) groups excluding carboxylic acids is 2. The molecule has 0 aromatic heterocycles. The van der Waals surface area contributed by atoms with Crippen LogP contribution in [0.5, 0.6) is 5.75 Å². The van der Waals surface area contributed by atoms with Gasteiger partial charge in [0, 0.05) is 30.1 Å². The molecule has 0 spiro atoms. The number of amides is 2. The van der Waals surface area contributed by atoms with E-state index in [0.717, 1.165) is 11.8 Å². The van der Waals surface area contributed by atoms with Crippen molar-refractivity contribution in [1.29, 1.82) is 0 Å². The van der Waals surface area contributed by atoms with Crippen molar-refractivity contribution in [1.82, 2.24) is 10.2 Å². The first-order chi connectivity index (χ1) is 16.7. The highest BCUT2D eigenvalue weighted by Gasteiger charge is 2.28. The Bertz CT molecular complexity index is 1130. The predicted molar refractivity (Wildman–Crippen MR) is 144 cm³/mol. The van der Waals surface area contributed by atoms with Gasteiger partial charge in [-0.25, -0.2) is 8.42 Å². The third kappa shape index (κ3) is 9.02. The molecule has 2 amide bonds. The topological polar surface area (TPSA) is 96.0 Å². The van der Waals surface area contributed by atoms with Crippen molar-refractivity contribution in [2.75, 3.05) is 24.2 Å². The van der Waals surface area contributed by atoms with E-state index >= 15 is 0 Å². The first-order valence-corrected chi connectivity index (χ1v) is 13.9. The normalized spacial score (nSPS) is 12.5. The third-order valence-corrected chi connectivity index (χ3v) is 6.89. The van der Waals surface area contributed by atoms with Gasteiger partial charge in [0.15, 0.2) is 0 Å². The number of nitrogens with one attached hydrogen (secondary N) is 1. The van der Waals surface area contributed by atoms with Crippen molar-refractivity contribution in [2.24, 2.45) is 0 Å². The fourth-order valence-corrected chi connectivity index (χ4v) is 4.69. The Balaban J connectivity index is 2.17. The number of hydrogen-bond acceptors (Lipinski definition) is 5. The van der Waals surface area contributed by atoms with Gasteiger partial charge in [0.05, 0.1) is 19.1 Å². The van der Waals surface area contributed by atoms with E-state index in [1.807, 2.05) is 32.9 Å². The minimum atomic E-state index is -3.57. The molecule has 0 saturated carbocycles. The maximum absolute atomic E-state index is 13.3. The second-order valence-electron chi connectivity index (χ2n) is 9.70. The van der Waals surface area contributed by atoms with Gasteiger partial charge in [-0.1, -0.05) is 23.7 Å². The molecule has 0 aliphatic carbocycles. The zero-order chi connectivity index (χ0) is 27.1. The number of methoxy groups -OCH3 is 1. The van der Waals surface area contributed by atoms with Gasteiger partial charge in [-0.15, -0.1) is 0 Å². The Labute approximate surface area is 219 Å². The smallest absolute Gasteiger partial charge is 0.242 e. The van der Waals surface area contributed by atoms with Crippen LogP contribution in [0.25, 0.3) is 0 Å². The van der Waals surface area contributed by atoms with Crippen molar-refractivity contribution in [2.45, 2.75) is 58.7 Å². The number of anilines is 1. The number of hydrogen-bond donors (Lipinski definition) is 1. The van der Waals surface area contributed by atoms with Crippen LogP contribution in [-0.4, -0.2) is 56.6 Å². The van der Waals surface area contributed by atoms with Gasteiger partial charge in [0.25, 0.3) is 0 Å². The van der Waals surface area contributed by atoms with Crippen molar-refractivity contribution in [3.8, 4) is 5.75 Å². The summed E-state index contributed by atoms with van der Waals surface area (Å²) in [4.78, 5) is 27.7. The zero-order valence-electron chi connectivity index (χ0n) is 21.7. The molecule has 0 fully saturated rings. The number of carbonyl (C=O) groups is 2. The molecule has 0 heterocycles. The number of sulfonamides is 1. The van der Waals surface area contributed by atoms with E-state index in [0.29, 0.717) is 16.5 Å². The van der Waals surface area contributed by atoms with Gasteiger partial charge in [-0.3, -0.25) is 13.9 Å². The number of benzene rings is 2. The van der Waals surface area contributed by atoms with Crippen LogP contribution in [0.2, 0.25) is 5.02 Å². The quantitative estimate of drug-likeness (QED) is 0.463. The fraction of sp³-hybridized carbons (Fsp3) is 0.462. The molecule has 198 valence electrons. The van der Waals surface area contributed by atoms with E-state index in [4.69, 9.17) is 16.3 Å². The summed E-state index contributed by atoms with van der Waals surface area (Å²) in [5.74, 6) is 0.105. The van der Waals surface area contributed by atoms with Gasteiger partial charge >= 0.3 is 0 Å². The highest BCUT2D eigenvalue weighted by molar-refractivity contribution is 7.92. The monoisotopic (exact) mass is 537 g/mol. The van der Waals surface area contributed by atoms with Gasteiger partial charge in [0.1, 0.15) is 11.8 Å². The summed E-state index contributed by atoms with van der Waals surface area (Å²) in [7, 11) is -2.03. The molecule has 0 unspecified atom stereocenters. The van der Waals surface area contributed by atoms with Crippen molar-refractivity contribution >= 4 is 39.1 Å². The molecule has 0 radical (unpaired) electrons. The van der Waals surface area contributed by atoms with Gasteiger partial charge < -0.3 is 15.0 Å². The van der Waals surface area contributed by atoms with E-state index < -0.39 is 21.6 Å². The second-order valence-corrected chi connectivity index (χ2v) is 12.0. The molecule has 2 aromatic rings. The largest absolute Gasteiger partial charge is 0.497 e. The molecule has 0 aliphatic heterocycles. The molecule has 8 nitrogen and oxygen atoms in total. The Hall–Kier alpha value is -2.78. The first kappa shape index (κ1) is 29.5. The van der Waals surface area contributed by atoms with Crippen LogP contribution in [0.4, 0.5) is 5.69 Å². The van der Waals surface area contributed by atoms with Crippen LogP contribution in [0, 0.1) is 0 Å². The van der Waals surface area contributed by atoms with Crippen molar-refractivity contribution in [3.63, 3.8) is 0 Å². The van der Waals surface area contributed by atoms with Crippen LogP contribution in [0.3, 0.4) is 0 Å². The van der Waals surface area contributed by atoms with E-state index in [-0.39, 0.29) is 37.7 Å². The standard InChI is InChI=1S/C26H36ClN3O5S/c1-19(25(32)28-26(2,3)4)29(18-20-9-11-21(27)12-10-20)24(31)8-7-17-30(36(6,33)34)22-13-15-23(35-5)16-14-22/h9-16,19H,7-8,17-18H2,1-6H3,(H,28,32)/t19-/m0/s1. The summed E-state index contributed by atoms with van der Waals surface area (Å²) in [6.45, 7) is 7.66. The van der Waals surface area contributed by atoms with Gasteiger partial charge in [-0.2, -0.15) is 0 Å². The predicted octanol–water partition coefficient (Wildman–Crippen LogP) is 4.23. The van der Waals surface area contributed by atoms with E-state index in [2.05, 4.69) is 5.32 Å². The first-order valence-electron chi connectivity index (χ1n) is 11.7. The number of rotatable bonds is 11. The highest BCUT2D eigenvalue weighted by Crippen LogP contribution is 2.22. The second kappa shape index (κ2) is 12.5. The summed E-state index contributed by atoms with van der Waals surface area (Å²) in [5.41, 5.74) is 0.871. The molecule has 0 aliphatic rings. The Morgan fingerprint density at radius 2 is 1.64 bits per heavy atom. The average Bonchev–Trinajstić information content (AvgIpc) is 2.79. The SMILES string of the molecule is COc1ccc(N(CCCC(=O)N(Cc2ccc(Cl)cc2)[C@@H](C)C(=O)NC(C)(C)C)S(C)(=O)=O)cc1. The molecule has 0 bridgehead atoms. The maximum atomic E-state index is 13.3. The lowest BCUT2D eigenvalue weighted by atomic mass is 10.1. The van der Waals surface area contributed by atoms with E-state index in [1.54, 1.807) is 43.3 Å². The Morgan fingerprint density at radius 3 is 2.14 bits per heavy atom. The number of ether oxygens (including phenoxy) is 1. The number of halogens is 1. The molecule has 2 aromatic carbocycles. The van der Waals surface area contributed by atoms with Crippen LogP contribution in [0.1, 0.15) is 46.1 Å². The van der Waals surface area contributed by atoms with Crippen LogP contribution < -0.4 is 14.4 Å². The summed E-state index contributed by atoms with van der Waals surface area (Å²) in [6.07, 6.45) is 1.48.